The van der Waals surface area contributed by atoms with Crippen molar-refractivity contribution in [3.63, 3.8) is 0 Å². The number of guanidine groups is 1. The van der Waals surface area contributed by atoms with E-state index < -0.39 is 0 Å². The van der Waals surface area contributed by atoms with E-state index in [9.17, 15) is 0 Å². The molecular weight excluding hydrogens is 276 g/mol. The van der Waals surface area contributed by atoms with Gasteiger partial charge in [0.15, 0.2) is 5.96 Å². The van der Waals surface area contributed by atoms with E-state index in [2.05, 4.69) is 57.2 Å². The van der Waals surface area contributed by atoms with Crippen LogP contribution in [0.3, 0.4) is 0 Å². The van der Waals surface area contributed by atoms with Crippen molar-refractivity contribution in [3.05, 3.63) is 0 Å². The quantitative estimate of drug-likeness (QED) is 0.582. The maximum atomic E-state index is 5.77. The zero-order valence-corrected chi connectivity index (χ0v) is 15.4. The molecule has 5 heteroatoms. The lowest BCUT2D eigenvalue weighted by Gasteiger charge is -2.29. The van der Waals surface area contributed by atoms with Gasteiger partial charge < -0.3 is 20.3 Å². The summed E-state index contributed by atoms with van der Waals surface area (Å²) in [5.74, 6) is 0.903. The van der Waals surface area contributed by atoms with Gasteiger partial charge in [0, 0.05) is 25.7 Å². The molecule has 0 aromatic heterocycles. The number of hydrogen-bond donors (Lipinski definition) is 2. The minimum Gasteiger partial charge on any atom is -0.374 e. The van der Waals surface area contributed by atoms with E-state index in [1.54, 1.807) is 0 Å². The average Bonchev–Trinajstić information content (AvgIpc) is 2.42. The van der Waals surface area contributed by atoms with Gasteiger partial charge >= 0.3 is 0 Å². The summed E-state index contributed by atoms with van der Waals surface area (Å²) in [6.07, 6.45) is 2.56. The molecule has 5 nitrogen and oxygen atoms in total. The number of nitrogens with one attached hydrogen (secondary N) is 2. The Kier molecular flexibility index (Phi) is 8.18. The van der Waals surface area contributed by atoms with Crippen molar-refractivity contribution >= 4 is 5.96 Å². The van der Waals surface area contributed by atoms with E-state index in [-0.39, 0.29) is 6.10 Å². The van der Waals surface area contributed by atoms with Gasteiger partial charge in [-0.3, -0.25) is 4.99 Å². The average molecular weight is 313 g/mol. The summed E-state index contributed by atoms with van der Waals surface area (Å²) < 4.78 is 5.77. The number of morpholine rings is 1. The van der Waals surface area contributed by atoms with E-state index >= 15 is 0 Å². The summed E-state index contributed by atoms with van der Waals surface area (Å²) in [5, 5.41) is 6.84. The molecule has 0 spiro atoms. The molecule has 1 aliphatic heterocycles. The molecule has 0 saturated carbocycles. The first kappa shape index (κ1) is 19.2. The van der Waals surface area contributed by atoms with Crippen molar-refractivity contribution in [3.8, 4) is 0 Å². The molecule has 0 aliphatic carbocycles. The zero-order chi connectivity index (χ0) is 16.6. The fourth-order valence-corrected chi connectivity index (χ4v) is 2.45. The summed E-state index contributed by atoms with van der Waals surface area (Å²) >= 11 is 0. The molecule has 130 valence electrons. The van der Waals surface area contributed by atoms with Crippen LogP contribution in [-0.2, 0) is 4.74 Å². The Hall–Kier alpha value is -0.810. The van der Waals surface area contributed by atoms with Crippen molar-refractivity contribution < 1.29 is 4.74 Å². The van der Waals surface area contributed by atoms with Crippen molar-refractivity contribution in [2.24, 2.45) is 10.4 Å². The van der Waals surface area contributed by atoms with E-state index in [4.69, 9.17) is 9.73 Å². The molecule has 0 aromatic rings. The van der Waals surface area contributed by atoms with Gasteiger partial charge in [-0.25, -0.2) is 0 Å². The molecule has 1 heterocycles. The van der Waals surface area contributed by atoms with E-state index in [1.165, 1.54) is 6.42 Å². The van der Waals surface area contributed by atoms with Gasteiger partial charge in [-0.05, 0) is 39.2 Å². The van der Waals surface area contributed by atoms with Crippen LogP contribution in [0.1, 0.15) is 47.5 Å². The van der Waals surface area contributed by atoms with Crippen molar-refractivity contribution in [1.29, 1.82) is 0 Å². The third-order valence-corrected chi connectivity index (χ3v) is 3.85. The van der Waals surface area contributed by atoms with Crippen LogP contribution in [0.2, 0.25) is 0 Å². The minimum absolute atomic E-state index is 0.207. The van der Waals surface area contributed by atoms with Gasteiger partial charge in [0.05, 0.1) is 19.3 Å². The van der Waals surface area contributed by atoms with Crippen molar-refractivity contribution in [2.75, 3.05) is 39.8 Å². The highest BCUT2D eigenvalue weighted by Gasteiger charge is 2.18. The van der Waals surface area contributed by atoms with Crippen molar-refractivity contribution in [1.82, 2.24) is 15.5 Å². The van der Waals surface area contributed by atoms with Crippen LogP contribution in [0.5, 0.6) is 0 Å². The fourth-order valence-electron chi connectivity index (χ4n) is 2.45. The molecule has 22 heavy (non-hydrogen) atoms. The monoisotopic (exact) mass is 312 g/mol. The summed E-state index contributed by atoms with van der Waals surface area (Å²) in [7, 11) is 2.14. The molecule has 2 N–H and O–H groups in total. The van der Waals surface area contributed by atoms with Crippen LogP contribution in [0.4, 0.5) is 0 Å². The largest absolute Gasteiger partial charge is 0.374 e. The Morgan fingerprint density at radius 1 is 1.41 bits per heavy atom. The Balaban J connectivity index is 2.43. The number of aliphatic imine (C=N–C) groups is 1. The van der Waals surface area contributed by atoms with E-state index in [0.717, 1.165) is 38.6 Å². The molecule has 0 radical (unpaired) electrons. The maximum Gasteiger partial charge on any atom is 0.191 e. The third-order valence-electron chi connectivity index (χ3n) is 3.85. The number of rotatable bonds is 6. The second kappa shape index (κ2) is 9.36. The number of hydrogen-bond acceptors (Lipinski definition) is 3. The Morgan fingerprint density at radius 2 is 2.14 bits per heavy atom. The van der Waals surface area contributed by atoms with Crippen LogP contribution < -0.4 is 10.6 Å². The second-order valence-corrected chi connectivity index (χ2v) is 7.62. The summed E-state index contributed by atoms with van der Waals surface area (Å²) in [5.41, 5.74) is 0.381. The standard InChI is InChI=1S/C17H36N4O/c1-7-18-16(20-14(2)8-9-17(3,4)5)19-12-15-13-21(6)10-11-22-15/h14-15H,7-13H2,1-6H3,(H2,18,19,20). The SMILES string of the molecule is CCNC(=NCC1CN(C)CCO1)NC(C)CCC(C)(C)C. The summed E-state index contributed by atoms with van der Waals surface area (Å²) in [4.78, 5) is 7.00. The number of ether oxygens (including phenoxy) is 1. The highest BCUT2D eigenvalue weighted by Crippen LogP contribution is 2.21. The molecule has 2 unspecified atom stereocenters. The lowest BCUT2D eigenvalue weighted by atomic mass is 9.89. The molecule has 2 atom stereocenters. The first-order chi connectivity index (χ1) is 10.3. The maximum absolute atomic E-state index is 5.77. The van der Waals surface area contributed by atoms with Gasteiger partial charge in [-0.1, -0.05) is 20.8 Å². The highest BCUT2D eigenvalue weighted by molar-refractivity contribution is 5.80. The molecule has 0 aromatic carbocycles. The molecule has 1 rings (SSSR count). The molecule has 0 bridgehead atoms. The van der Waals surface area contributed by atoms with Gasteiger partial charge in [0.2, 0.25) is 0 Å². The Morgan fingerprint density at radius 3 is 2.73 bits per heavy atom. The van der Waals surface area contributed by atoms with Crippen LogP contribution in [0, 0.1) is 5.41 Å². The summed E-state index contributed by atoms with van der Waals surface area (Å²) in [6, 6.07) is 0.423. The lowest BCUT2D eigenvalue weighted by Crippen LogP contribution is -2.45. The van der Waals surface area contributed by atoms with Gasteiger partial charge in [-0.2, -0.15) is 0 Å². The Labute approximate surface area is 136 Å². The molecule has 0 amide bonds. The normalized spacial score (nSPS) is 22.5. The third kappa shape index (κ3) is 8.59. The topological polar surface area (TPSA) is 48.9 Å². The second-order valence-electron chi connectivity index (χ2n) is 7.62. The van der Waals surface area contributed by atoms with Crippen LogP contribution in [0.15, 0.2) is 4.99 Å². The van der Waals surface area contributed by atoms with Crippen LogP contribution >= 0.6 is 0 Å². The van der Waals surface area contributed by atoms with Gasteiger partial charge in [-0.15, -0.1) is 0 Å². The van der Waals surface area contributed by atoms with Crippen LogP contribution in [-0.4, -0.2) is 62.8 Å². The summed E-state index contributed by atoms with van der Waals surface area (Å²) in [6.45, 7) is 15.6. The Bertz CT molecular complexity index is 338. The predicted molar refractivity (Wildman–Crippen MR) is 94.5 cm³/mol. The number of likely N-dealkylation sites (N-methyl/N-ethyl adjacent to an activating group) is 1. The zero-order valence-electron chi connectivity index (χ0n) is 15.4. The molecule has 1 fully saturated rings. The lowest BCUT2D eigenvalue weighted by molar-refractivity contribution is -0.0136. The van der Waals surface area contributed by atoms with Crippen LogP contribution in [0.25, 0.3) is 0 Å². The first-order valence-corrected chi connectivity index (χ1v) is 8.65. The number of nitrogens with zero attached hydrogens (tertiary/aromatic N) is 2. The van der Waals surface area contributed by atoms with Crippen molar-refractivity contribution in [2.45, 2.75) is 59.6 Å². The predicted octanol–water partition coefficient (Wildman–Crippen LogP) is 2.09. The van der Waals surface area contributed by atoms with E-state index in [0.29, 0.717) is 18.0 Å². The highest BCUT2D eigenvalue weighted by atomic mass is 16.5. The fraction of sp³-hybridized carbons (Fsp3) is 0.941. The smallest absolute Gasteiger partial charge is 0.191 e. The van der Waals surface area contributed by atoms with E-state index in [1.807, 2.05) is 0 Å². The van der Waals surface area contributed by atoms with Gasteiger partial charge in [0.25, 0.3) is 0 Å². The first-order valence-electron chi connectivity index (χ1n) is 8.65. The molecule has 1 aliphatic rings. The molecule has 1 saturated heterocycles. The van der Waals surface area contributed by atoms with Gasteiger partial charge in [0.1, 0.15) is 0 Å². The molecular formula is C17H36N4O. The minimum atomic E-state index is 0.207.